The van der Waals surface area contributed by atoms with Gasteiger partial charge in [-0.3, -0.25) is 0 Å². The Bertz CT molecular complexity index is 968. The first kappa shape index (κ1) is 23.2. The van der Waals surface area contributed by atoms with Crippen molar-refractivity contribution in [3.05, 3.63) is 22.7 Å². The van der Waals surface area contributed by atoms with Crippen molar-refractivity contribution in [3.8, 4) is 0 Å². The smallest absolute Gasteiger partial charge is 0.175 e. The summed E-state index contributed by atoms with van der Waals surface area (Å²) in [6.45, 7) is 6.58. The van der Waals surface area contributed by atoms with E-state index in [9.17, 15) is 0 Å². The highest BCUT2D eigenvalue weighted by atomic mass is 35.5. The molecule has 0 bridgehead atoms. The lowest BCUT2D eigenvalue weighted by Crippen LogP contribution is -2.34. The highest BCUT2D eigenvalue weighted by Gasteiger charge is 2.11. The van der Waals surface area contributed by atoms with Crippen molar-refractivity contribution in [2.45, 2.75) is 19.8 Å². The average Bonchev–Trinajstić information content (AvgIpc) is 3.02. The number of nitrogens with zero attached hydrogens (tertiary/aromatic N) is 3. The van der Waals surface area contributed by atoms with E-state index in [1.165, 1.54) is 24.6 Å². The molecule has 154 valence electrons. The Kier molecular flexibility index (Phi) is 8.82. The van der Waals surface area contributed by atoms with Gasteiger partial charge in [-0.05, 0) is 37.3 Å². The van der Waals surface area contributed by atoms with Crippen LogP contribution in [-0.4, -0.2) is 62.5 Å². The van der Waals surface area contributed by atoms with Gasteiger partial charge in [-0.2, -0.15) is 11.8 Å². The first-order valence-electron chi connectivity index (χ1n) is 9.19. The van der Waals surface area contributed by atoms with Crippen molar-refractivity contribution in [2.24, 2.45) is 0 Å². The minimum absolute atomic E-state index is 0. The van der Waals surface area contributed by atoms with Gasteiger partial charge in [0.2, 0.25) is 0 Å². The molecular formula is C18H26Cl2N6S2. The van der Waals surface area contributed by atoms with Crippen molar-refractivity contribution >= 4 is 76.5 Å². The van der Waals surface area contributed by atoms with Crippen LogP contribution < -0.4 is 5.32 Å². The number of hydrogen-bond acceptors (Lipinski definition) is 6. The first-order valence-corrected chi connectivity index (χ1v) is 10.8. The quantitative estimate of drug-likeness (QED) is 0.373. The Morgan fingerprint density at radius 1 is 1.14 bits per heavy atom. The molecule has 1 aliphatic heterocycles. The molecule has 2 aromatic heterocycles. The van der Waals surface area contributed by atoms with Gasteiger partial charge in [0.15, 0.2) is 4.77 Å². The molecule has 0 aliphatic carbocycles. The molecule has 10 heteroatoms. The molecule has 0 saturated carbocycles. The second-order valence-electron chi connectivity index (χ2n) is 6.57. The largest absolute Gasteiger partial charge is 0.369 e. The summed E-state index contributed by atoms with van der Waals surface area (Å²) in [5.41, 5.74) is 2.92. The number of hydrogen-bond donors (Lipinski definition) is 3. The fourth-order valence-electron chi connectivity index (χ4n) is 3.33. The lowest BCUT2D eigenvalue weighted by Gasteiger charge is -2.26. The van der Waals surface area contributed by atoms with E-state index in [4.69, 9.17) is 17.2 Å². The Morgan fingerprint density at radius 2 is 1.86 bits per heavy atom. The molecule has 0 unspecified atom stereocenters. The number of imidazole rings is 1. The van der Waals surface area contributed by atoms with Crippen molar-refractivity contribution in [1.29, 1.82) is 0 Å². The molecule has 4 rings (SSSR count). The van der Waals surface area contributed by atoms with E-state index in [1.54, 1.807) is 0 Å². The van der Waals surface area contributed by atoms with E-state index in [-0.39, 0.29) is 24.8 Å². The van der Waals surface area contributed by atoms with Crippen LogP contribution in [-0.2, 0) is 6.42 Å². The van der Waals surface area contributed by atoms with Gasteiger partial charge in [0.1, 0.15) is 11.6 Å². The molecule has 1 fully saturated rings. The van der Waals surface area contributed by atoms with Gasteiger partial charge >= 0.3 is 0 Å². The maximum Gasteiger partial charge on any atom is 0.175 e. The van der Waals surface area contributed by atoms with Crippen LogP contribution in [0.15, 0.2) is 12.1 Å². The second kappa shape index (κ2) is 10.6. The fourth-order valence-corrected chi connectivity index (χ4v) is 4.53. The summed E-state index contributed by atoms with van der Waals surface area (Å²) in [6, 6.07) is 4.13. The predicted octanol–water partition coefficient (Wildman–Crippen LogP) is 4.43. The molecular weight excluding hydrogens is 435 g/mol. The summed E-state index contributed by atoms with van der Waals surface area (Å²) in [4.78, 5) is 18.3. The zero-order valence-corrected chi connectivity index (χ0v) is 19.1. The summed E-state index contributed by atoms with van der Waals surface area (Å²) in [5.74, 6) is 4.31. The van der Waals surface area contributed by atoms with E-state index in [0.29, 0.717) is 4.77 Å². The van der Waals surface area contributed by atoms with E-state index in [2.05, 4.69) is 49.9 Å². The molecule has 0 amide bonds. The molecule has 3 N–H and O–H groups in total. The molecule has 1 aromatic carbocycles. The van der Waals surface area contributed by atoms with Gasteiger partial charge in [0, 0.05) is 42.9 Å². The third kappa shape index (κ3) is 5.30. The van der Waals surface area contributed by atoms with Gasteiger partial charge in [0.05, 0.1) is 16.6 Å². The van der Waals surface area contributed by atoms with E-state index >= 15 is 0 Å². The highest BCUT2D eigenvalue weighted by Crippen LogP contribution is 2.25. The van der Waals surface area contributed by atoms with Gasteiger partial charge < -0.3 is 20.2 Å². The van der Waals surface area contributed by atoms with Gasteiger partial charge in [-0.25, -0.2) is 9.97 Å². The zero-order chi connectivity index (χ0) is 17.9. The minimum atomic E-state index is 0. The predicted molar refractivity (Wildman–Crippen MR) is 127 cm³/mol. The van der Waals surface area contributed by atoms with E-state index in [1.807, 2.05) is 6.07 Å². The number of aromatic amines is 2. The molecule has 3 heterocycles. The maximum atomic E-state index is 5.21. The molecule has 1 aliphatic rings. The number of rotatable bonds is 6. The van der Waals surface area contributed by atoms with Crippen LogP contribution in [0.5, 0.6) is 0 Å². The number of H-pyrrole nitrogens is 2. The Balaban J connectivity index is 0.00000140. The van der Waals surface area contributed by atoms with Crippen LogP contribution in [0.3, 0.4) is 0 Å². The Labute approximate surface area is 186 Å². The number of anilines is 1. The van der Waals surface area contributed by atoms with Gasteiger partial charge in [-0.15, -0.1) is 24.8 Å². The van der Waals surface area contributed by atoms with Crippen LogP contribution in [0, 0.1) is 4.77 Å². The summed E-state index contributed by atoms with van der Waals surface area (Å²) in [5, 5.41) is 4.58. The van der Waals surface area contributed by atoms with Crippen LogP contribution in [0.25, 0.3) is 21.9 Å². The topological polar surface area (TPSA) is 72.6 Å². The number of halogens is 2. The SMILES string of the molecule is CCc1nc(NCCCN2CCSCC2)c2cc3[nH]c(=S)[nH]c3cc2n1.Cl.Cl. The van der Waals surface area contributed by atoms with Crippen LogP contribution in [0.2, 0.25) is 0 Å². The van der Waals surface area contributed by atoms with Crippen LogP contribution >= 0.6 is 48.8 Å². The van der Waals surface area contributed by atoms with Gasteiger partial charge in [-0.1, -0.05) is 6.92 Å². The number of aromatic nitrogens is 4. The normalized spacial score (nSPS) is 14.6. The Morgan fingerprint density at radius 3 is 2.57 bits per heavy atom. The number of fused-ring (bicyclic) bond motifs is 2. The van der Waals surface area contributed by atoms with Crippen molar-refractivity contribution < 1.29 is 0 Å². The number of thioether (sulfide) groups is 1. The molecule has 28 heavy (non-hydrogen) atoms. The minimum Gasteiger partial charge on any atom is -0.369 e. The third-order valence-corrected chi connectivity index (χ3v) is 5.89. The maximum absolute atomic E-state index is 5.21. The van der Waals surface area contributed by atoms with E-state index in [0.717, 1.165) is 59.5 Å². The molecule has 0 atom stereocenters. The van der Waals surface area contributed by atoms with E-state index < -0.39 is 0 Å². The van der Waals surface area contributed by atoms with Crippen molar-refractivity contribution in [3.63, 3.8) is 0 Å². The average molecular weight is 461 g/mol. The first-order chi connectivity index (χ1) is 12.7. The second-order valence-corrected chi connectivity index (χ2v) is 8.20. The lowest BCUT2D eigenvalue weighted by atomic mass is 10.2. The standard InChI is InChI=1S/C18H24N6S2.2ClH/c1-2-16-20-13-11-15-14(21-18(25)22-15)10-12(13)17(23-16)19-4-3-5-24-6-8-26-9-7-24;;/h10-11H,2-9H2,1H3,(H,19,20,23)(H2,21,22,25);2*1H. The monoisotopic (exact) mass is 460 g/mol. The van der Waals surface area contributed by atoms with Crippen LogP contribution in [0.4, 0.5) is 5.82 Å². The number of benzene rings is 1. The van der Waals surface area contributed by atoms with Crippen LogP contribution in [0.1, 0.15) is 19.2 Å². The molecule has 6 nitrogen and oxygen atoms in total. The molecule has 0 spiro atoms. The number of nitrogens with one attached hydrogen (secondary N) is 3. The molecule has 1 saturated heterocycles. The third-order valence-electron chi connectivity index (χ3n) is 4.74. The molecule has 0 radical (unpaired) electrons. The Hall–Kier alpha value is -1.06. The van der Waals surface area contributed by atoms with Crippen molar-refractivity contribution in [1.82, 2.24) is 24.8 Å². The highest BCUT2D eigenvalue weighted by molar-refractivity contribution is 7.99. The lowest BCUT2D eigenvalue weighted by molar-refractivity contribution is 0.301. The van der Waals surface area contributed by atoms with Crippen molar-refractivity contribution in [2.75, 3.05) is 43.0 Å². The zero-order valence-electron chi connectivity index (χ0n) is 15.8. The summed E-state index contributed by atoms with van der Waals surface area (Å²) < 4.78 is 0.633. The van der Waals surface area contributed by atoms with Gasteiger partial charge in [0.25, 0.3) is 0 Å². The molecule has 3 aromatic rings. The summed E-state index contributed by atoms with van der Waals surface area (Å²) >= 11 is 7.27. The summed E-state index contributed by atoms with van der Waals surface area (Å²) in [6.07, 6.45) is 1.93. The summed E-state index contributed by atoms with van der Waals surface area (Å²) in [7, 11) is 0. The fraction of sp³-hybridized carbons (Fsp3) is 0.500. The number of aryl methyl sites for hydroxylation is 1.